The molecule has 0 aliphatic heterocycles. The third-order valence-electron chi connectivity index (χ3n) is 3.88. The molecule has 0 atom stereocenters. The minimum Gasteiger partial charge on any atom is -0.495 e. The van der Waals surface area contributed by atoms with Crippen LogP contribution in [0.5, 0.6) is 5.75 Å². The number of hydrogen-bond donors (Lipinski definition) is 1. The molecule has 9 heteroatoms. The molecule has 0 saturated carbocycles. The van der Waals surface area contributed by atoms with Gasteiger partial charge in [0.05, 0.1) is 12.0 Å². The van der Waals surface area contributed by atoms with Gasteiger partial charge in [-0.05, 0) is 24.6 Å². The topological polar surface area (TPSA) is 80.7 Å². The standard InChI is InChI=1S/C18H14O5S4/c1-10-3-5-11(6-4-10)16(19)17-15(18(24)26-25-17)12-7-8-13(23-2)14(9-12)27(20,21)22/h3-9H,1-2H3,(H,20,21,22). The van der Waals surface area contributed by atoms with Gasteiger partial charge in [-0.3, -0.25) is 9.35 Å². The molecule has 2 aromatic carbocycles. The molecule has 0 spiro atoms. The third kappa shape index (κ3) is 4.02. The number of carbonyl (C=O) groups excluding carboxylic acids is 1. The molecule has 27 heavy (non-hydrogen) atoms. The number of benzene rings is 2. The van der Waals surface area contributed by atoms with Gasteiger partial charge >= 0.3 is 0 Å². The number of hydrogen-bond acceptors (Lipinski definition) is 7. The minimum atomic E-state index is -4.50. The Hall–Kier alpha value is -1.91. The van der Waals surface area contributed by atoms with Crippen LogP contribution in [0.25, 0.3) is 11.1 Å². The van der Waals surface area contributed by atoms with Gasteiger partial charge in [-0.2, -0.15) is 8.42 Å². The first-order valence-corrected chi connectivity index (χ1v) is 11.6. The van der Waals surface area contributed by atoms with Crippen molar-refractivity contribution in [1.29, 1.82) is 0 Å². The van der Waals surface area contributed by atoms with E-state index in [0.29, 0.717) is 25.4 Å². The lowest BCUT2D eigenvalue weighted by Gasteiger charge is -2.09. The molecule has 0 unspecified atom stereocenters. The Morgan fingerprint density at radius 2 is 1.78 bits per heavy atom. The molecule has 0 aliphatic rings. The number of ether oxygens (including phenoxy) is 1. The largest absolute Gasteiger partial charge is 0.495 e. The van der Waals surface area contributed by atoms with Gasteiger partial charge < -0.3 is 4.74 Å². The highest BCUT2D eigenvalue weighted by molar-refractivity contribution is 7.86. The van der Waals surface area contributed by atoms with Crippen LogP contribution < -0.4 is 4.74 Å². The van der Waals surface area contributed by atoms with Gasteiger partial charge in [0.1, 0.15) is 14.5 Å². The molecule has 5 nitrogen and oxygen atoms in total. The first-order chi connectivity index (χ1) is 12.7. The average Bonchev–Trinajstić information content (AvgIpc) is 3.02. The van der Waals surface area contributed by atoms with E-state index in [-0.39, 0.29) is 16.4 Å². The van der Waals surface area contributed by atoms with Crippen molar-refractivity contribution >= 4 is 48.8 Å². The zero-order valence-electron chi connectivity index (χ0n) is 14.3. The van der Waals surface area contributed by atoms with Crippen LogP contribution in [0.1, 0.15) is 20.8 Å². The Labute approximate surface area is 169 Å². The van der Waals surface area contributed by atoms with Crippen molar-refractivity contribution in [3.63, 3.8) is 0 Å². The van der Waals surface area contributed by atoms with Crippen LogP contribution in [0, 0.1) is 10.7 Å². The van der Waals surface area contributed by atoms with Gasteiger partial charge in [0.2, 0.25) is 5.78 Å². The lowest BCUT2D eigenvalue weighted by Crippen LogP contribution is -2.03. The highest BCUT2D eigenvalue weighted by Crippen LogP contribution is 2.38. The summed E-state index contributed by atoms with van der Waals surface area (Å²) in [6.45, 7) is 1.93. The van der Waals surface area contributed by atoms with Crippen LogP contribution in [0.15, 0.2) is 47.4 Å². The van der Waals surface area contributed by atoms with Crippen LogP contribution in [0.4, 0.5) is 0 Å². The van der Waals surface area contributed by atoms with Crippen LogP contribution in [-0.4, -0.2) is 25.9 Å². The van der Waals surface area contributed by atoms with Gasteiger partial charge in [-0.1, -0.05) is 68.8 Å². The molecule has 1 heterocycles. The summed E-state index contributed by atoms with van der Waals surface area (Å²) in [6, 6.07) is 11.5. The molecule has 3 rings (SSSR count). The number of aryl methyl sites for hydroxylation is 1. The molecule has 1 N–H and O–H groups in total. The van der Waals surface area contributed by atoms with E-state index in [0.717, 1.165) is 5.56 Å². The van der Waals surface area contributed by atoms with Crippen LogP contribution in [0.2, 0.25) is 0 Å². The maximum absolute atomic E-state index is 12.9. The van der Waals surface area contributed by atoms with E-state index in [2.05, 4.69) is 0 Å². The fourth-order valence-electron chi connectivity index (χ4n) is 2.53. The van der Waals surface area contributed by atoms with Gasteiger partial charge in [0.25, 0.3) is 10.1 Å². The summed E-state index contributed by atoms with van der Waals surface area (Å²) in [5.41, 5.74) is 2.48. The summed E-state index contributed by atoms with van der Waals surface area (Å²) < 4.78 is 38.3. The Kier molecular flexibility index (Phi) is 5.59. The number of rotatable bonds is 5. The van der Waals surface area contributed by atoms with Crippen molar-refractivity contribution in [2.24, 2.45) is 0 Å². The fourth-order valence-corrected chi connectivity index (χ4v) is 6.03. The average molecular weight is 439 g/mol. The molecule has 0 bridgehead atoms. The molecule has 3 aromatic rings. The first-order valence-electron chi connectivity index (χ1n) is 7.62. The van der Waals surface area contributed by atoms with Crippen molar-refractivity contribution in [3.8, 4) is 16.9 Å². The smallest absolute Gasteiger partial charge is 0.298 e. The summed E-state index contributed by atoms with van der Waals surface area (Å²) in [7, 11) is -0.678. The molecule has 1 aromatic heterocycles. The van der Waals surface area contributed by atoms with E-state index in [1.807, 2.05) is 19.1 Å². The van der Waals surface area contributed by atoms with Crippen LogP contribution >= 0.6 is 32.9 Å². The predicted octanol–water partition coefficient (Wildman–Crippen LogP) is 5.00. The maximum atomic E-state index is 12.9. The lowest BCUT2D eigenvalue weighted by molar-refractivity contribution is 0.104. The van der Waals surface area contributed by atoms with Crippen molar-refractivity contribution in [3.05, 3.63) is 62.3 Å². The quantitative estimate of drug-likeness (QED) is 0.261. The zero-order valence-corrected chi connectivity index (χ0v) is 17.5. The Balaban J connectivity index is 2.17. The summed E-state index contributed by atoms with van der Waals surface area (Å²) in [5, 5.41) is 0. The molecular formula is C18H14O5S4. The molecule has 0 saturated heterocycles. The lowest BCUT2D eigenvalue weighted by atomic mass is 10.0. The van der Waals surface area contributed by atoms with Gasteiger partial charge in [-0.25, -0.2) is 0 Å². The third-order valence-corrected chi connectivity index (χ3v) is 7.77. The van der Waals surface area contributed by atoms with Crippen molar-refractivity contribution in [2.45, 2.75) is 11.8 Å². The monoisotopic (exact) mass is 438 g/mol. The molecule has 0 radical (unpaired) electrons. The first kappa shape index (κ1) is 19.8. The summed E-state index contributed by atoms with van der Waals surface area (Å²) in [5.74, 6) is -0.177. The van der Waals surface area contributed by atoms with Crippen molar-refractivity contribution < 1.29 is 22.5 Å². The highest BCUT2D eigenvalue weighted by Gasteiger charge is 2.23. The Morgan fingerprint density at radius 3 is 2.37 bits per heavy atom. The van der Waals surface area contributed by atoms with Crippen molar-refractivity contribution in [1.82, 2.24) is 0 Å². The summed E-state index contributed by atoms with van der Waals surface area (Å²) in [6.07, 6.45) is 0. The summed E-state index contributed by atoms with van der Waals surface area (Å²) in [4.78, 5) is 13.0. The second kappa shape index (κ2) is 7.61. The highest BCUT2D eigenvalue weighted by atomic mass is 32.9. The van der Waals surface area contributed by atoms with E-state index < -0.39 is 10.1 Å². The van der Waals surface area contributed by atoms with E-state index in [1.54, 1.807) is 18.2 Å². The summed E-state index contributed by atoms with van der Waals surface area (Å²) >= 11 is 5.38. The molecular weight excluding hydrogens is 424 g/mol. The van der Waals surface area contributed by atoms with Gasteiger partial charge in [-0.15, -0.1) is 0 Å². The van der Waals surface area contributed by atoms with Crippen LogP contribution in [-0.2, 0) is 10.1 Å². The fraction of sp³-hybridized carbons (Fsp3) is 0.111. The SMILES string of the molecule is COc1ccc(-c2c(C(=O)c3ccc(C)cc3)ssc2=S)cc1S(=O)(=O)O. The molecule has 0 aliphatic carbocycles. The molecule has 0 fully saturated rings. The Morgan fingerprint density at radius 1 is 1.11 bits per heavy atom. The number of methoxy groups -OCH3 is 1. The van der Waals surface area contributed by atoms with E-state index in [1.165, 1.54) is 39.9 Å². The Bertz CT molecular complexity index is 1170. The van der Waals surface area contributed by atoms with E-state index >= 15 is 0 Å². The number of ketones is 1. The van der Waals surface area contributed by atoms with E-state index in [9.17, 15) is 17.8 Å². The van der Waals surface area contributed by atoms with Gasteiger partial charge in [0, 0.05) is 11.1 Å². The normalized spacial score (nSPS) is 11.4. The molecule has 140 valence electrons. The zero-order chi connectivity index (χ0) is 19.8. The minimum absolute atomic E-state index is 0.0116. The predicted molar refractivity (Wildman–Crippen MR) is 109 cm³/mol. The second-order valence-electron chi connectivity index (χ2n) is 5.69. The van der Waals surface area contributed by atoms with Crippen molar-refractivity contribution in [2.75, 3.05) is 7.11 Å². The second-order valence-corrected chi connectivity index (χ2v) is 9.90. The molecule has 0 amide bonds. The number of carbonyl (C=O) groups is 1. The maximum Gasteiger partial charge on any atom is 0.298 e. The van der Waals surface area contributed by atoms with Gasteiger partial charge in [0.15, 0.2) is 0 Å². The van der Waals surface area contributed by atoms with E-state index in [4.69, 9.17) is 17.0 Å². The van der Waals surface area contributed by atoms with Crippen LogP contribution in [0.3, 0.4) is 0 Å².